The molecule has 1 aliphatic rings. The molecule has 0 spiro atoms. The van der Waals surface area contributed by atoms with Crippen molar-refractivity contribution < 1.29 is 0 Å². The number of pyridine rings is 1. The van der Waals surface area contributed by atoms with Crippen LogP contribution in [0.4, 0.5) is 5.69 Å². The van der Waals surface area contributed by atoms with Gasteiger partial charge in [-0.05, 0) is 30.0 Å². The predicted octanol–water partition coefficient (Wildman–Crippen LogP) is 3.13. The predicted molar refractivity (Wildman–Crippen MR) is 90.0 cm³/mol. The minimum atomic E-state index is 1.01. The second-order valence-electron chi connectivity index (χ2n) is 5.30. The summed E-state index contributed by atoms with van der Waals surface area (Å²) in [6, 6.07) is 12.9. The van der Waals surface area contributed by atoms with Gasteiger partial charge >= 0.3 is 0 Å². The van der Waals surface area contributed by atoms with Crippen LogP contribution in [0, 0.1) is 0 Å². The van der Waals surface area contributed by atoms with E-state index in [9.17, 15) is 0 Å². The lowest BCUT2D eigenvalue weighted by atomic mass is 10.2. The Morgan fingerprint density at radius 2 is 1.86 bits per heavy atom. The molecule has 2 aromatic rings. The van der Waals surface area contributed by atoms with Crippen molar-refractivity contribution in [2.45, 2.75) is 11.4 Å². The molecule has 3 rings (SSSR count). The van der Waals surface area contributed by atoms with Crippen LogP contribution in [0.5, 0.6) is 0 Å². The van der Waals surface area contributed by atoms with Crippen molar-refractivity contribution in [2.75, 3.05) is 37.3 Å². The van der Waals surface area contributed by atoms with Crippen molar-refractivity contribution in [3.8, 4) is 0 Å². The number of nitrogens with zero attached hydrogens (tertiary/aromatic N) is 3. The second kappa shape index (κ2) is 6.96. The topological polar surface area (TPSA) is 19.4 Å². The summed E-state index contributed by atoms with van der Waals surface area (Å²) in [6.45, 7) is 5.41. The third-order valence-electron chi connectivity index (χ3n) is 3.93. The van der Waals surface area contributed by atoms with E-state index in [0.29, 0.717) is 0 Å². The molecule has 0 amide bonds. The van der Waals surface area contributed by atoms with Crippen LogP contribution >= 0.6 is 11.8 Å². The lowest BCUT2D eigenvalue weighted by Crippen LogP contribution is -2.46. The number of aromatic nitrogens is 1. The van der Waals surface area contributed by atoms with Crippen molar-refractivity contribution in [1.29, 1.82) is 0 Å². The molecule has 0 radical (unpaired) electrons. The Morgan fingerprint density at radius 3 is 2.57 bits per heavy atom. The van der Waals surface area contributed by atoms with E-state index in [4.69, 9.17) is 0 Å². The van der Waals surface area contributed by atoms with Crippen LogP contribution in [0.15, 0.2) is 53.7 Å². The van der Waals surface area contributed by atoms with Crippen LogP contribution in [0.2, 0.25) is 0 Å². The van der Waals surface area contributed by atoms with E-state index in [-0.39, 0.29) is 0 Å². The van der Waals surface area contributed by atoms with E-state index in [0.717, 1.165) is 32.7 Å². The molecule has 0 unspecified atom stereocenters. The van der Waals surface area contributed by atoms with Crippen LogP contribution in [0.3, 0.4) is 0 Å². The van der Waals surface area contributed by atoms with Crippen molar-refractivity contribution >= 4 is 17.4 Å². The van der Waals surface area contributed by atoms with Crippen LogP contribution in [0.1, 0.15) is 5.56 Å². The van der Waals surface area contributed by atoms with Crippen molar-refractivity contribution in [1.82, 2.24) is 9.88 Å². The van der Waals surface area contributed by atoms with Crippen LogP contribution in [-0.2, 0) is 6.54 Å². The molecule has 1 fully saturated rings. The third kappa shape index (κ3) is 3.57. The van der Waals surface area contributed by atoms with E-state index in [1.807, 2.05) is 30.2 Å². The third-order valence-corrected chi connectivity index (χ3v) is 4.71. The van der Waals surface area contributed by atoms with Crippen molar-refractivity contribution in [2.24, 2.45) is 0 Å². The maximum absolute atomic E-state index is 4.20. The van der Waals surface area contributed by atoms with Gasteiger partial charge in [-0.3, -0.25) is 9.88 Å². The van der Waals surface area contributed by atoms with Gasteiger partial charge in [0.15, 0.2) is 0 Å². The van der Waals surface area contributed by atoms with Crippen LogP contribution in [-0.4, -0.2) is 42.3 Å². The standard InChI is InChI=1S/C17H21N3S/c1-21-17-7-3-2-6-16(17)20-11-9-19(10-12-20)14-15-5-4-8-18-13-15/h2-8,13H,9-12,14H2,1H3. The molecule has 0 aliphatic carbocycles. The Labute approximate surface area is 131 Å². The first-order valence-corrected chi connectivity index (χ1v) is 8.58. The largest absolute Gasteiger partial charge is 0.368 e. The first-order chi connectivity index (χ1) is 10.4. The molecule has 110 valence electrons. The lowest BCUT2D eigenvalue weighted by Gasteiger charge is -2.36. The molecule has 1 saturated heterocycles. The molecule has 1 aromatic heterocycles. The Balaban J connectivity index is 1.60. The molecule has 2 heterocycles. The summed E-state index contributed by atoms with van der Waals surface area (Å²) in [5, 5.41) is 0. The van der Waals surface area contributed by atoms with Gasteiger partial charge < -0.3 is 4.90 Å². The summed E-state index contributed by atoms with van der Waals surface area (Å²) >= 11 is 1.83. The van der Waals surface area contributed by atoms with E-state index < -0.39 is 0 Å². The SMILES string of the molecule is CSc1ccccc1N1CCN(Cc2cccnc2)CC1. The van der Waals surface area contributed by atoms with Gasteiger partial charge in [0.1, 0.15) is 0 Å². The van der Waals surface area contributed by atoms with Gasteiger partial charge in [0.05, 0.1) is 5.69 Å². The van der Waals surface area contributed by atoms with Crippen molar-refractivity contribution in [3.05, 3.63) is 54.4 Å². The van der Waals surface area contributed by atoms with Gasteiger partial charge in [-0.2, -0.15) is 0 Å². The van der Waals surface area contributed by atoms with Gasteiger partial charge in [-0.1, -0.05) is 18.2 Å². The van der Waals surface area contributed by atoms with Crippen LogP contribution < -0.4 is 4.90 Å². The number of hydrogen-bond acceptors (Lipinski definition) is 4. The average molecular weight is 299 g/mol. The maximum Gasteiger partial charge on any atom is 0.0505 e. The molecule has 3 nitrogen and oxygen atoms in total. The van der Waals surface area contributed by atoms with Gasteiger partial charge in [0.25, 0.3) is 0 Å². The lowest BCUT2D eigenvalue weighted by molar-refractivity contribution is 0.249. The number of benzene rings is 1. The number of piperazine rings is 1. The maximum atomic E-state index is 4.20. The first-order valence-electron chi connectivity index (χ1n) is 7.36. The summed E-state index contributed by atoms with van der Waals surface area (Å²) < 4.78 is 0. The smallest absolute Gasteiger partial charge is 0.0505 e. The molecule has 0 saturated carbocycles. The summed E-state index contributed by atoms with van der Waals surface area (Å²) in [7, 11) is 0. The molecule has 4 heteroatoms. The highest BCUT2D eigenvalue weighted by atomic mass is 32.2. The highest BCUT2D eigenvalue weighted by Gasteiger charge is 2.18. The normalized spacial score (nSPS) is 16.1. The Hall–Kier alpha value is -1.52. The van der Waals surface area contributed by atoms with Gasteiger partial charge in [0.2, 0.25) is 0 Å². The fraction of sp³-hybridized carbons (Fsp3) is 0.353. The van der Waals surface area contributed by atoms with E-state index in [2.05, 4.69) is 51.4 Å². The van der Waals surface area contributed by atoms with Crippen LogP contribution in [0.25, 0.3) is 0 Å². The van der Waals surface area contributed by atoms with E-state index >= 15 is 0 Å². The van der Waals surface area contributed by atoms with Gasteiger partial charge in [-0.15, -0.1) is 11.8 Å². The van der Waals surface area contributed by atoms with Gasteiger partial charge in [0, 0.05) is 50.0 Å². The molecular formula is C17H21N3S. The number of anilines is 1. The summed E-state index contributed by atoms with van der Waals surface area (Å²) in [4.78, 5) is 10.6. The Morgan fingerprint density at radius 1 is 1.05 bits per heavy atom. The molecule has 1 aliphatic heterocycles. The number of rotatable bonds is 4. The quantitative estimate of drug-likeness (QED) is 0.808. The molecular weight excluding hydrogens is 278 g/mol. The molecule has 21 heavy (non-hydrogen) atoms. The molecule has 1 aromatic carbocycles. The fourth-order valence-electron chi connectivity index (χ4n) is 2.79. The minimum absolute atomic E-state index is 1.01. The van der Waals surface area contributed by atoms with E-state index in [1.165, 1.54) is 16.1 Å². The zero-order valence-electron chi connectivity index (χ0n) is 12.4. The first kappa shape index (κ1) is 14.4. The minimum Gasteiger partial charge on any atom is -0.368 e. The molecule has 0 bridgehead atoms. The molecule has 0 atom stereocenters. The zero-order valence-corrected chi connectivity index (χ0v) is 13.2. The monoisotopic (exact) mass is 299 g/mol. The second-order valence-corrected chi connectivity index (χ2v) is 6.14. The Kier molecular flexibility index (Phi) is 4.78. The number of para-hydroxylation sites is 1. The Bertz CT molecular complexity index is 565. The summed E-state index contributed by atoms with van der Waals surface area (Å²) in [5.41, 5.74) is 2.68. The fourth-order valence-corrected chi connectivity index (χ4v) is 3.41. The zero-order chi connectivity index (χ0) is 14.5. The number of hydrogen-bond donors (Lipinski definition) is 0. The van der Waals surface area contributed by atoms with Gasteiger partial charge in [-0.25, -0.2) is 0 Å². The highest BCUT2D eigenvalue weighted by molar-refractivity contribution is 7.98. The van der Waals surface area contributed by atoms with Crippen molar-refractivity contribution in [3.63, 3.8) is 0 Å². The summed E-state index contributed by atoms with van der Waals surface area (Å²) in [5.74, 6) is 0. The highest BCUT2D eigenvalue weighted by Crippen LogP contribution is 2.29. The molecule has 0 N–H and O–H groups in total. The summed E-state index contributed by atoms with van der Waals surface area (Å²) in [6.07, 6.45) is 5.95. The van der Waals surface area contributed by atoms with E-state index in [1.54, 1.807) is 0 Å². The average Bonchev–Trinajstić information content (AvgIpc) is 2.56. The number of thioether (sulfide) groups is 1.